The lowest BCUT2D eigenvalue weighted by atomic mass is 10.1. The first-order valence-electron chi connectivity index (χ1n) is 5.94. The third-order valence-electron chi connectivity index (χ3n) is 2.68. The zero-order valence-corrected chi connectivity index (χ0v) is 13.6. The molecular weight excluding hydrogens is 358 g/mol. The summed E-state index contributed by atoms with van der Waals surface area (Å²) in [6.45, 7) is 1.73. The first kappa shape index (κ1) is 17.1. The molecule has 120 valence electrons. The molecule has 0 aliphatic carbocycles. The maximum Gasteiger partial charge on any atom is 0.524 e. The highest BCUT2D eigenvalue weighted by atomic mass is 35.5. The van der Waals surface area contributed by atoms with Crippen LogP contribution in [0.25, 0.3) is 11.0 Å². The van der Waals surface area contributed by atoms with Gasteiger partial charge in [0.15, 0.2) is 0 Å². The molecule has 0 radical (unpaired) electrons. The second-order valence-corrected chi connectivity index (χ2v) is 6.16. The molecule has 10 heteroatoms. The fourth-order valence-corrected chi connectivity index (χ4v) is 2.47. The average Bonchev–Trinajstić information content (AvgIpc) is 2.40. The van der Waals surface area contributed by atoms with E-state index in [2.05, 4.69) is 4.52 Å². The number of hydrogen-bond donors (Lipinski definition) is 2. The lowest BCUT2D eigenvalue weighted by Gasteiger charge is -2.13. The van der Waals surface area contributed by atoms with Crippen molar-refractivity contribution in [1.82, 2.24) is 0 Å². The quantitative estimate of drug-likeness (QED) is 0.474. The maximum atomic E-state index is 11.6. The number of hydrogen-bond acceptors (Lipinski definition) is 5. The van der Waals surface area contributed by atoms with Crippen molar-refractivity contribution < 1.29 is 28.0 Å². The van der Waals surface area contributed by atoms with Crippen molar-refractivity contribution >= 4 is 42.0 Å². The van der Waals surface area contributed by atoms with Crippen molar-refractivity contribution in [2.75, 3.05) is 12.5 Å². The second kappa shape index (κ2) is 6.48. The molecule has 1 aromatic heterocycles. The van der Waals surface area contributed by atoms with Crippen molar-refractivity contribution in [1.29, 1.82) is 0 Å². The molecule has 22 heavy (non-hydrogen) atoms. The van der Waals surface area contributed by atoms with Gasteiger partial charge in [-0.3, -0.25) is 9.79 Å². The molecule has 0 amide bonds. The van der Waals surface area contributed by atoms with Crippen molar-refractivity contribution in [3.8, 4) is 11.5 Å². The van der Waals surface area contributed by atoms with Crippen LogP contribution in [0.3, 0.4) is 0 Å². The van der Waals surface area contributed by atoms with E-state index in [1.807, 2.05) is 0 Å². The van der Waals surface area contributed by atoms with E-state index >= 15 is 0 Å². The van der Waals surface area contributed by atoms with Gasteiger partial charge in [-0.05, 0) is 12.5 Å². The number of phosphoric acid groups is 1. The molecule has 2 rings (SSSR count). The van der Waals surface area contributed by atoms with Crippen LogP contribution in [-0.2, 0) is 4.57 Å². The summed E-state index contributed by atoms with van der Waals surface area (Å²) in [4.78, 5) is 29.4. The lowest BCUT2D eigenvalue weighted by molar-refractivity contribution is 0.282. The third kappa shape index (κ3) is 3.74. The van der Waals surface area contributed by atoms with E-state index < -0.39 is 13.4 Å². The van der Waals surface area contributed by atoms with Gasteiger partial charge in [-0.2, -0.15) is 0 Å². The summed E-state index contributed by atoms with van der Waals surface area (Å²) in [6.07, 6.45) is 0. The van der Waals surface area contributed by atoms with Gasteiger partial charge in [0.1, 0.15) is 28.7 Å². The van der Waals surface area contributed by atoms with Crippen LogP contribution in [0.2, 0.25) is 5.02 Å². The molecule has 0 aliphatic rings. The number of halogens is 2. The summed E-state index contributed by atoms with van der Waals surface area (Å²) >= 11 is 11.4. The normalized spacial score (nSPS) is 11.7. The summed E-state index contributed by atoms with van der Waals surface area (Å²) in [6, 6.07) is 2.43. The Hall–Kier alpha value is -1.24. The first-order chi connectivity index (χ1) is 10.2. The SMILES string of the molecule is Cc1c(Cl)c(=O)oc2cc(OP(=O)(O)O)cc(OCCCl)c12. The molecule has 1 aromatic carbocycles. The van der Waals surface area contributed by atoms with Crippen LogP contribution in [-0.4, -0.2) is 22.3 Å². The number of benzene rings is 1. The highest BCUT2D eigenvalue weighted by Gasteiger charge is 2.20. The van der Waals surface area contributed by atoms with Crippen LogP contribution in [0.1, 0.15) is 5.56 Å². The van der Waals surface area contributed by atoms with Crippen LogP contribution >= 0.6 is 31.0 Å². The van der Waals surface area contributed by atoms with E-state index in [9.17, 15) is 9.36 Å². The van der Waals surface area contributed by atoms with Gasteiger partial charge in [-0.1, -0.05) is 11.6 Å². The maximum absolute atomic E-state index is 11.6. The van der Waals surface area contributed by atoms with Gasteiger partial charge in [0.05, 0.1) is 11.3 Å². The summed E-state index contributed by atoms with van der Waals surface area (Å²) in [5.41, 5.74) is -0.328. The van der Waals surface area contributed by atoms with Crippen LogP contribution < -0.4 is 14.9 Å². The lowest BCUT2D eigenvalue weighted by Crippen LogP contribution is -2.05. The Labute approximate surface area is 134 Å². The van der Waals surface area contributed by atoms with Gasteiger partial charge in [-0.15, -0.1) is 11.6 Å². The number of ether oxygens (including phenoxy) is 1. The van der Waals surface area contributed by atoms with Gasteiger partial charge >= 0.3 is 13.4 Å². The zero-order valence-electron chi connectivity index (χ0n) is 11.2. The molecule has 0 fully saturated rings. The minimum atomic E-state index is -4.77. The number of fused-ring (bicyclic) bond motifs is 1. The topological polar surface area (TPSA) is 106 Å². The van der Waals surface area contributed by atoms with Crippen molar-refractivity contribution in [3.63, 3.8) is 0 Å². The fourth-order valence-electron chi connectivity index (χ4n) is 1.88. The predicted molar refractivity (Wildman–Crippen MR) is 81.1 cm³/mol. The highest BCUT2D eigenvalue weighted by Crippen LogP contribution is 2.42. The van der Waals surface area contributed by atoms with E-state index in [0.29, 0.717) is 10.9 Å². The van der Waals surface area contributed by atoms with E-state index in [1.165, 1.54) is 12.1 Å². The van der Waals surface area contributed by atoms with E-state index in [-0.39, 0.29) is 34.6 Å². The van der Waals surface area contributed by atoms with E-state index in [4.69, 9.17) is 42.1 Å². The Morgan fingerprint density at radius 2 is 2.05 bits per heavy atom. The molecule has 0 aliphatic heterocycles. The van der Waals surface area contributed by atoms with Crippen molar-refractivity contribution in [2.24, 2.45) is 0 Å². The molecule has 0 atom stereocenters. The minimum absolute atomic E-state index is 0.0300. The largest absolute Gasteiger partial charge is 0.524 e. The molecule has 0 saturated carbocycles. The molecule has 2 N–H and O–H groups in total. The van der Waals surface area contributed by atoms with Gasteiger partial charge in [-0.25, -0.2) is 9.36 Å². The summed E-state index contributed by atoms with van der Waals surface area (Å²) in [7, 11) is -4.77. The number of alkyl halides is 1. The summed E-state index contributed by atoms with van der Waals surface area (Å²) in [5, 5.41) is 0.291. The fraction of sp³-hybridized carbons (Fsp3) is 0.250. The van der Waals surface area contributed by atoms with Crippen LogP contribution in [0, 0.1) is 6.92 Å². The molecule has 0 bridgehead atoms. The molecule has 0 saturated heterocycles. The molecule has 0 spiro atoms. The standard InChI is InChI=1S/C12H11Cl2O7P/c1-6-10-8(19-3-2-13)4-7(21-22(16,17)18)5-9(10)20-12(15)11(6)14/h4-5H,2-3H2,1H3,(H2,16,17,18). The molecule has 7 nitrogen and oxygen atoms in total. The Kier molecular flexibility index (Phi) is 5.04. The van der Waals surface area contributed by atoms with Gasteiger partial charge in [0.2, 0.25) is 0 Å². The molecule has 2 aromatic rings. The van der Waals surface area contributed by atoms with Crippen LogP contribution in [0.4, 0.5) is 0 Å². The molecule has 0 unspecified atom stereocenters. The second-order valence-electron chi connectivity index (χ2n) is 4.24. The van der Waals surface area contributed by atoms with E-state index in [0.717, 1.165) is 0 Å². The Balaban J connectivity index is 2.71. The summed E-state index contributed by atoms with van der Waals surface area (Å²) < 4.78 is 25.9. The van der Waals surface area contributed by atoms with Crippen molar-refractivity contribution in [2.45, 2.75) is 6.92 Å². The smallest absolute Gasteiger partial charge is 0.491 e. The monoisotopic (exact) mass is 368 g/mol. The zero-order chi connectivity index (χ0) is 16.5. The minimum Gasteiger partial charge on any atom is -0.491 e. The number of phosphoric ester groups is 1. The highest BCUT2D eigenvalue weighted by molar-refractivity contribution is 7.46. The van der Waals surface area contributed by atoms with E-state index in [1.54, 1.807) is 6.92 Å². The number of rotatable bonds is 5. The van der Waals surface area contributed by atoms with Crippen LogP contribution in [0.5, 0.6) is 11.5 Å². The Bertz CT molecular complexity index is 811. The van der Waals surface area contributed by atoms with Crippen LogP contribution in [0.15, 0.2) is 21.3 Å². The molecule has 1 heterocycles. The predicted octanol–water partition coefficient (Wildman–Crippen LogP) is 2.84. The third-order valence-corrected chi connectivity index (χ3v) is 3.73. The number of aryl methyl sites for hydroxylation is 1. The first-order valence-corrected chi connectivity index (χ1v) is 8.38. The summed E-state index contributed by atoms with van der Waals surface area (Å²) in [5.74, 6) is 0.161. The van der Waals surface area contributed by atoms with Gasteiger partial charge < -0.3 is 13.7 Å². The van der Waals surface area contributed by atoms with Gasteiger partial charge in [0.25, 0.3) is 0 Å². The van der Waals surface area contributed by atoms with Crippen molar-refractivity contribution in [3.05, 3.63) is 33.1 Å². The Morgan fingerprint density at radius 1 is 1.36 bits per heavy atom. The molecular formula is C12H11Cl2O7P. The Morgan fingerprint density at radius 3 is 2.64 bits per heavy atom. The van der Waals surface area contributed by atoms with Gasteiger partial charge in [0, 0.05) is 12.1 Å². The average molecular weight is 369 g/mol.